The van der Waals surface area contributed by atoms with Crippen LogP contribution < -0.4 is 0 Å². The maximum Gasteiger partial charge on any atom is 0.205 e. The van der Waals surface area contributed by atoms with Crippen LogP contribution in [0.5, 0.6) is 0 Å². The van der Waals surface area contributed by atoms with Crippen LogP contribution in [0.3, 0.4) is 0 Å². The van der Waals surface area contributed by atoms with Crippen LogP contribution in [0.1, 0.15) is 61.4 Å². The first-order chi connectivity index (χ1) is 17.5. The molecule has 36 heavy (non-hydrogen) atoms. The minimum Gasteiger partial charge on any atom is -0.305 e. The van der Waals surface area contributed by atoms with Gasteiger partial charge in [-0.15, -0.1) is 10.2 Å². The average Bonchev–Trinajstić information content (AvgIpc) is 3.61. The lowest BCUT2D eigenvalue weighted by molar-refractivity contribution is 0.566. The first-order valence-corrected chi connectivity index (χ1v) is 12.9. The summed E-state index contributed by atoms with van der Waals surface area (Å²) < 4.78 is 2.42. The van der Waals surface area contributed by atoms with Crippen molar-refractivity contribution >= 4 is 11.2 Å². The molecule has 0 saturated carbocycles. The van der Waals surface area contributed by atoms with Crippen molar-refractivity contribution in [1.82, 2.24) is 35.2 Å². The molecule has 1 aliphatic rings. The van der Waals surface area contributed by atoms with Gasteiger partial charge in [0, 0.05) is 17.7 Å². The van der Waals surface area contributed by atoms with Gasteiger partial charge in [-0.25, -0.2) is 9.97 Å². The molecular weight excluding hydrogens is 446 g/mol. The van der Waals surface area contributed by atoms with Crippen LogP contribution >= 0.6 is 0 Å². The van der Waals surface area contributed by atoms with E-state index in [4.69, 9.17) is 9.97 Å². The summed E-state index contributed by atoms with van der Waals surface area (Å²) in [4.78, 5) is 10.1. The minimum atomic E-state index is 0.252. The molecule has 1 aliphatic carbocycles. The molecule has 0 unspecified atom stereocenters. The quantitative estimate of drug-likeness (QED) is 0.330. The van der Waals surface area contributed by atoms with E-state index < -0.39 is 0 Å². The Bertz CT molecular complexity index is 1550. The Labute approximate surface area is 211 Å². The maximum absolute atomic E-state index is 5.13. The molecule has 7 heteroatoms. The van der Waals surface area contributed by atoms with E-state index in [1.807, 2.05) is 12.1 Å². The highest BCUT2D eigenvalue weighted by atomic mass is 15.5. The normalized spacial score (nSPS) is 15.2. The van der Waals surface area contributed by atoms with Crippen LogP contribution in [0.15, 0.2) is 48.5 Å². The summed E-state index contributed by atoms with van der Waals surface area (Å²) in [5, 5.41) is 14.7. The van der Waals surface area contributed by atoms with Gasteiger partial charge in [0.25, 0.3) is 0 Å². The molecule has 7 nitrogen and oxygen atoms in total. The highest BCUT2D eigenvalue weighted by Gasteiger charge is 2.29. The molecule has 6 rings (SSSR count). The Balaban J connectivity index is 1.44. The molecular formula is C29H31N7. The summed E-state index contributed by atoms with van der Waals surface area (Å²) in [6.07, 6.45) is 3.99. The third-order valence-corrected chi connectivity index (χ3v) is 7.20. The van der Waals surface area contributed by atoms with Crippen LogP contribution in [0, 0.1) is 12.8 Å². The highest BCUT2D eigenvalue weighted by Crippen LogP contribution is 2.40. The van der Waals surface area contributed by atoms with E-state index in [1.54, 1.807) is 0 Å². The van der Waals surface area contributed by atoms with E-state index in [0.717, 1.165) is 59.5 Å². The van der Waals surface area contributed by atoms with Gasteiger partial charge in [-0.1, -0.05) is 63.2 Å². The summed E-state index contributed by atoms with van der Waals surface area (Å²) in [5.41, 5.74) is 10.5. The van der Waals surface area contributed by atoms with Gasteiger partial charge >= 0.3 is 0 Å². The topological polar surface area (TPSA) is 85.2 Å². The van der Waals surface area contributed by atoms with Gasteiger partial charge < -0.3 is 4.57 Å². The highest BCUT2D eigenvalue weighted by molar-refractivity contribution is 5.81. The second kappa shape index (κ2) is 8.97. The van der Waals surface area contributed by atoms with E-state index in [0.29, 0.717) is 11.7 Å². The van der Waals surface area contributed by atoms with Gasteiger partial charge in [-0.3, -0.25) is 0 Å². The number of aromatic amines is 1. The molecule has 0 bridgehead atoms. The van der Waals surface area contributed by atoms with E-state index >= 15 is 0 Å². The zero-order chi connectivity index (χ0) is 24.8. The standard InChI is InChI=1S/C29H31N7/c1-5-26-31-27-21(14-17(2)3)15-18(4)30-29(27)36(26)25-13-11-20-16-19(10-12-23(20)25)22-8-6-7-9-24(22)28-32-34-35-33-28/h6-10,12,15-17,25H,5,11,13-14H2,1-4H3,(H,32,33,34,35)/t25-/m0/s1. The SMILES string of the molecule is CCc1nc2c(CC(C)C)cc(C)nc2n1[C@H]1CCc2cc(-c3ccccc3-c3nn[nH]n3)ccc21. The van der Waals surface area contributed by atoms with Gasteiger partial charge in [0.1, 0.15) is 11.3 Å². The molecule has 2 aromatic carbocycles. The molecule has 0 aliphatic heterocycles. The zero-order valence-electron chi connectivity index (χ0n) is 21.3. The van der Waals surface area contributed by atoms with Crippen molar-refractivity contribution in [2.45, 2.75) is 59.4 Å². The number of benzene rings is 2. The molecule has 182 valence electrons. The number of hydrogen-bond donors (Lipinski definition) is 1. The smallest absolute Gasteiger partial charge is 0.205 e. The van der Waals surface area contributed by atoms with E-state index in [2.05, 4.69) is 89.3 Å². The lowest BCUT2D eigenvalue weighted by atomic mass is 9.96. The Morgan fingerprint density at radius 1 is 1.06 bits per heavy atom. The molecule has 1 N–H and O–H groups in total. The van der Waals surface area contributed by atoms with Gasteiger partial charge in [-0.2, -0.15) is 5.21 Å². The molecule has 0 spiro atoms. The van der Waals surface area contributed by atoms with Crippen LogP contribution in [0.2, 0.25) is 0 Å². The van der Waals surface area contributed by atoms with E-state index in [9.17, 15) is 0 Å². The van der Waals surface area contributed by atoms with E-state index in [-0.39, 0.29) is 6.04 Å². The van der Waals surface area contributed by atoms with Crippen LogP contribution in [-0.4, -0.2) is 35.2 Å². The number of H-pyrrole nitrogens is 1. The minimum absolute atomic E-state index is 0.252. The maximum atomic E-state index is 5.13. The number of fused-ring (bicyclic) bond motifs is 2. The van der Waals surface area contributed by atoms with Gasteiger partial charge in [0.15, 0.2) is 5.65 Å². The fraction of sp³-hybridized carbons (Fsp3) is 0.345. The van der Waals surface area contributed by atoms with Crippen molar-refractivity contribution in [3.05, 3.63) is 76.7 Å². The second-order valence-electron chi connectivity index (χ2n) is 10.2. The summed E-state index contributed by atoms with van der Waals surface area (Å²) in [7, 11) is 0. The van der Waals surface area contributed by atoms with Crippen molar-refractivity contribution in [2.24, 2.45) is 5.92 Å². The predicted molar refractivity (Wildman–Crippen MR) is 142 cm³/mol. The largest absolute Gasteiger partial charge is 0.305 e. The fourth-order valence-corrected chi connectivity index (χ4v) is 5.72. The monoisotopic (exact) mass is 477 g/mol. The first kappa shape index (κ1) is 22.6. The number of nitrogens with one attached hydrogen (secondary N) is 1. The molecule has 0 amide bonds. The Kier molecular flexibility index (Phi) is 5.63. The molecule has 0 radical (unpaired) electrons. The second-order valence-corrected chi connectivity index (χ2v) is 10.2. The number of hydrogen-bond acceptors (Lipinski definition) is 5. The van der Waals surface area contributed by atoms with Crippen molar-refractivity contribution in [3.63, 3.8) is 0 Å². The lowest BCUT2D eigenvalue weighted by Gasteiger charge is -2.18. The van der Waals surface area contributed by atoms with Crippen LogP contribution in [-0.2, 0) is 19.3 Å². The van der Waals surface area contributed by atoms with Gasteiger partial charge in [0.2, 0.25) is 5.82 Å². The third kappa shape index (κ3) is 3.79. The van der Waals surface area contributed by atoms with Crippen molar-refractivity contribution in [2.75, 3.05) is 0 Å². The number of aromatic nitrogens is 7. The molecule has 3 heterocycles. The summed E-state index contributed by atoms with van der Waals surface area (Å²) in [6, 6.07) is 17.6. The van der Waals surface area contributed by atoms with Crippen molar-refractivity contribution in [3.8, 4) is 22.5 Å². The number of nitrogens with zero attached hydrogens (tertiary/aromatic N) is 6. The summed E-state index contributed by atoms with van der Waals surface area (Å²) in [6.45, 7) is 8.82. The Morgan fingerprint density at radius 2 is 1.89 bits per heavy atom. The summed E-state index contributed by atoms with van der Waals surface area (Å²) >= 11 is 0. The number of aryl methyl sites for hydroxylation is 3. The average molecular weight is 478 g/mol. The van der Waals surface area contributed by atoms with Crippen LogP contribution in [0.25, 0.3) is 33.7 Å². The molecule has 0 saturated heterocycles. The number of tetrazole rings is 1. The van der Waals surface area contributed by atoms with Crippen molar-refractivity contribution < 1.29 is 0 Å². The molecule has 3 aromatic heterocycles. The Morgan fingerprint density at radius 3 is 2.64 bits per heavy atom. The van der Waals surface area contributed by atoms with Gasteiger partial charge in [-0.05, 0) is 71.2 Å². The van der Waals surface area contributed by atoms with E-state index in [1.165, 1.54) is 22.3 Å². The third-order valence-electron chi connectivity index (χ3n) is 7.20. The Hall–Kier alpha value is -3.87. The predicted octanol–water partition coefficient (Wildman–Crippen LogP) is 5.88. The van der Waals surface area contributed by atoms with Gasteiger partial charge in [0.05, 0.1) is 6.04 Å². The fourth-order valence-electron chi connectivity index (χ4n) is 5.72. The van der Waals surface area contributed by atoms with Crippen molar-refractivity contribution in [1.29, 1.82) is 0 Å². The summed E-state index contributed by atoms with van der Waals surface area (Å²) in [5.74, 6) is 2.31. The zero-order valence-corrected chi connectivity index (χ0v) is 21.3. The van der Waals surface area contributed by atoms with Crippen LogP contribution in [0.4, 0.5) is 0 Å². The number of imidazole rings is 1. The number of rotatable bonds is 6. The molecule has 0 fully saturated rings. The number of pyridine rings is 1. The molecule has 1 atom stereocenters. The molecule has 5 aromatic rings. The first-order valence-electron chi connectivity index (χ1n) is 12.9. The lowest BCUT2D eigenvalue weighted by Crippen LogP contribution is -2.12.